The lowest BCUT2D eigenvalue weighted by atomic mass is 9.94. The van der Waals surface area contributed by atoms with E-state index in [0.29, 0.717) is 22.2 Å². The second-order valence-electron chi connectivity index (χ2n) is 8.08. The highest BCUT2D eigenvalue weighted by molar-refractivity contribution is 6.12. The van der Waals surface area contributed by atoms with Crippen molar-refractivity contribution >= 4 is 28.1 Å². The molecule has 0 saturated carbocycles. The molecule has 1 aliphatic heterocycles. The van der Waals surface area contributed by atoms with Crippen LogP contribution in [0.3, 0.4) is 0 Å². The lowest BCUT2D eigenvalue weighted by Crippen LogP contribution is -2.28. The molecule has 3 N–H and O–H groups in total. The van der Waals surface area contributed by atoms with Crippen molar-refractivity contribution in [3.05, 3.63) is 75.7 Å². The third-order valence-electron chi connectivity index (χ3n) is 5.92. The van der Waals surface area contributed by atoms with E-state index in [4.69, 9.17) is 0 Å². The van der Waals surface area contributed by atoms with Gasteiger partial charge in [0, 0.05) is 17.5 Å². The van der Waals surface area contributed by atoms with Gasteiger partial charge in [-0.2, -0.15) is 18.3 Å². The van der Waals surface area contributed by atoms with E-state index < -0.39 is 17.6 Å². The molecule has 0 atom stereocenters. The van der Waals surface area contributed by atoms with Gasteiger partial charge in [-0.15, -0.1) is 0 Å². The molecule has 1 amide bonds. The number of alkyl halides is 3. The Balaban J connectivity index is 1.58. The molecule has 2 aromatic heterocycles. The van der Waals surface area contributed by atoms with Crippen LogP contribution in [0, 0.1) is 0 Å². The summed E-state index contributed by atoms with van der Waals surface area (Å²) in [5.74, 6) is -0.529. The topological polar surface area (TPSA) is 91.3 Å². The lowest BCUT2D eigenvalue weighted by Gasteiger charge is -2.23. The van der Waals surface area contributed by atoms with E-state index in [9.17, 15) is 22.8 Å². The number of hydrogen-bond donors (Lipinski definition) is 3. The van der Waals surface area contributed by atoms with Gasteiger partial charge < -0.3 is 15.6 Å². The fourth-order valence-corrected chi connectivity index (χ4v) is 4.33. The number of aromatic nitrogens is 3. The number of nitrogens with one attached hydrogen (secondary N) is 3. The Morgan fingerprint density at radius 3 is 2.61 bits per heavy atom. The number of carbonyl (C=O) groups excluding carboxylic acids is 1. The maximum Gasteiger partial charge on any atom is 0.416 e. The quantitative estimate of drug-likeness (QED) is 0.437. The van der Waals surface area contributed by atoms with Gasteiger partial charge in [-0.25, -0.2) is 4.52 Å². The normalized spacial score (nSPS) is 15.2. The number of amides is 1. The molecule has 7 nitrogen and oxygen atoms in total. The first-order valence-electron chi connectivity index (χ1n) is 10.6. The average molecular weight is 455 g/mol. The van der Waals surface area contributed by atoms with Crippen LogP contribution >= 0.6 is 0 Å². The number of aromatic amines is 1. The van der Waals surface area contributed by atoms with E-state index in [2.05, 4.69) is 20.7 Å². The van der Waals surface area contributed by atoms with Crippen LogP contribution in [0.4, 0.5) is 18.9 Å². The van der Waals surface area contributed by atoms with E-state index in [1.165, 1.54) is 12.1 Å². The Hall–Kier alpha value is -3.66. The molecule has 170 valence electrons. The van der Waals surface area contributed by atoms with Gasteiger partial charge in [-0.1, -0.05) is 12.1 Å². The van der Waals surface area contributed by atoms with Crippen LogP contribution in [0.1, 0.15) is 40.4 Å². The van der Waals surface area contributed by atoms with Crippen LogP contribution < -0.4 is 16.2 Å². The maximum absolute atomic E-state index is 13.0. The van der Waals surface area contributed by atoms with Crippen molar-refractivity contribution in [2.45, 2.75) is 24.9 Å². The van der Waals surface area contributed by atoms with Crippen LogP contribution in [0.15, 0.2) is 53.3 Å². The van der Waals surface area contributed by atoms with Crippen molar-refractivity contribution in [1.29, 1.82) is 0 Å². The minimum absolute atomic E-state index is 0.123. The highest BCUT2D eigenvalue weighted by atomic mass is 19.4. The zero-order chi connectivity index (χ0) is 23.2. The summed E-state index contributed by atoms with van der Waals surface area (Å²) < 4.78 is 40.8. The Bertz CT molecular complexity index is 1420. The predicted octanol–water partition coefficient (Wildman–Crippen LogP) is 3.91. The fourth-order valence-electron chi connectivity index (χ4n) is 4.33. The number of fused-ring (bicyclic) bond motifs is 3. The summed E-state index contributed by atoms with van der Waals surface area (Å²) in [4.78, 5) is 28.1. The second-order valence-corrected chi connectivity index (χ2v) is 8.08. The third-order valence-corrected chi connectivity index (χ3v) is 5.92. The van der Waals surface area contributed by atoms with Gasteiger partial charge in [0.05, 0.1) is 27.8 Å². The first kappa shape index (κ1) is 21.2. The van der Waals surface area contributed by atoms with E-state index in [1.807, 2.05) is 0 Å². The molecule has 5 rings (SSSR count). The number of piperidine rings is 1. The van der Waals surface area contributed by atoms with E-state index >= 15 is 0 Å². The van der Waals surface area contributed by atoms with Crippen LogP contribution in [-0.4, -0.2) is 33.6 Å². The zero-order valence-electron chi connectivity index (χ0n) is 17.4. The molecule has 3 heterocycles. The molecule has 0 radical (unpaired) electrons. The standard InChI is InChI=1S/C23H20F3N5O2/c24-23(25,26)15-4-1-3-14(11-15)22(33)28-16-5-2-6-17-20(16)21-29-19(32)12-18(31(21)30-17)13-7-9-27-10-8-13/h1-6,11-13,27H,7-10H2,(H,28,33)(H,29,32). The summed E-state index contributed by atoms with van der Waals surface area (Å²) in [5, 5.41) is 11.1. The van der Waals surface area contributed by atoms with Crippen molar-refractivity contribution in [2.24, 2.45) is 0 Å². The van der Waals surface area contributed by atoms with E-state index in [1.54, 1.807) is 28.8 Å². The van der Waals surface area contributed by atoms with Gasteiger partial charge in [-0.3, -0.25) is 9.59 Å². The number of rotatable bonds is 3. The van der Waals surface area contributed by atoms with Crippen molar-refractivity contribution in [2.75, 3.05) is 18.4 Å². The van der Waals surface area contributed by atoms with Gasteiger partial charge in [0.1, 0.15) is 5.65 Å². The van der Waals surface area contributed by atoms with Gasteiger partial charge in [0.15, 0.2) is 0 Å². The first-order chi connectivity index (χ1) is 15.8. The molecule has 4 aromatic rings. The summed E-state index contributed by atoms with van der Waals surface area (Å²) in [7, 11) is 0. The number of carbonyl (C=O) groups is 1. The molecule has 10 heteroatoms. The Kier molecular flexibility index (Phi) is 5.16. The molecule has 0 unspecified atom stereocenters. The molecule has 33 heavy (non-hydrogen) atoms. The van der Waals surface area contributed by atoms with Gasteiger partial charge in [-0.05, 0) is 56.3 Å². The Morgan fingerprint density at radius 2 is 1.85 bits per heavy atom. The monoisotopic (exact) mass is 455 g/mol. The minimum Gasteiger partial charge on any atom is -0.321 e. The van der Waals surface area contributed by atoms with Gasteiger partial charge in [0.25, 0.3) is 11.5 Å². The summed E-state index contributed by atoms with van der Waals surface area (Å²) in [5.41, 5.74) is 0.823. The summed E-state index contributed by atoms with van der Waals surface area (Å²) in [6.45, 7) is 1.69. The number of benzene rings is 2. The molecule has 2 aromatic carbocycles. The van der Waals surface area contributed by atoms with Crippen molar-refractivity contribution in [3.63, 3.8) is 0 Å². The molecule has 1 aliphatic rings. The Labute approximate surface area is 185 Å². The SMILES string of the molecule is O=C(Nc1cccc2nn3c(C4CCNCC4)cc(=O)[nH]c3c12)c1cccc(C(F)(F)F)c1. The number of anilines is 1. The minimum atomic E-state index is -4.55. The highest BCUT2D eigenvalue weighted by Crippen LogP contribution is 2.32. The average Bonchev–Trinajstić information content (AvgIpc) is 3.18. The van der Waals surface area contributed by atoms with Crippen LogP contribution in [0.5, 0.6) is 0 Å². The highest BCUT2D eigenvalue weighted by Gasteiger charge is 2.31. The molecule has 1 saturated heterocycles. The third kappa shape index (κ3) is 3.97. The molecular formula is C23H20F3N5O2. The first-order valence-corrected chi connectivity index (χ1v) is 10.6. The zero-order valence-corrected chi connectivity index (χ0v) is 17.4. The summed E-state index contributed by atoms with van der Waals surface area (Å²) >= 11 is 0. The smallest absolute Gasteiger partial charge is 0.321 e. The van der Waals surface area contributed by atoms with Crippen molar-refractivity contribution < 1.29 is 18.0 Å². The largest absolute Gasteiger partial charge is 0.416 e. The van der Waals surface area contributed by atoms with Crippen molar-refractivity contribution in [1.82, 2.24) is 19.9 Å². The Morgan fingerprint density at radius 1 is 1.09 bits per heavy atom. The molecular weight excluding hydrogens is 435 g/mol. The van der Waals surface area contributed by atoms with Crippen LogP contribution in [-0.2, 0) is 6.18 Å². The van der Waals surface area contributed by atoms with Crippen molar-refractivity contribution in [3.8, 4) is 0 Å². The number of halogens is 3. The lowest BCUT2D eigenvalue weighted by molar-refractivity contribution is -0.137. The van der Waals surface area contributed by atoms with Gasteiger partial charge >= 0.3 is 6.18 Å². The van der Waals surface area contributed by atoms with Crippen LogP contribution in [0.25, 0.3) is 16.6 Å². The predicted molar refractivity (Wildman–Crippen MR) is 118 cm³/mol. The molecule has 1 fully saturated rings. The molecule has 0 aliphatic carbocycles. The van der Waals surface area contributed by atoms with E-state index in [-0.39, 0.29) is 17.0 Å². The van der Waals surface area contributed by atoms with Crippen LogP contribution in [0.2, 0.25) is 0 Å². The molecule has 0 spiro atoms. The van der Waals surface area contributed by atoms with E-state index in [0.717, 1.165) is 43.8 Å². The summed E-state index contributed by atoms with van der Waals surface area (Å²) in [6.07, 6.45) is -2.81. The fraction of sp³-hybridized carbons (Fsp3) is 0.261. The van der Waals surface area contributed by atoms with Gasteiger partial charge in [0.2, 0.25) is 0 Å². The number of H-pyrrole nitrogens is 1. The second kappa shape index (κ2) is 8.04. The number of nitrogens with zero attached hydrogens (tertiary/aromatic N) is 2. The maximum atomic E-state index is 13.0. The summed E-state index contributed by atoms with van der Waals surface area (Å²) in [6, 6.07) is 10.9. The number of hydrogen-bond acceptors (Lipinski definition) is 4. The molecule has 0 bridgehead atoms.